The van der Waals surface area contributed by atoms with Crippen molar-refractivity contribution in [1.82, 2.24) is 9.97 Å². The van der Waals surface area contributed by atoms with Crippen molar-refractivity contribution in [2.24, 2.45) is 0 Å². The number of carbonyl (C=O) groups excluding carboxylic acids is 2. The molecular formula is C22H21N3O3. The molecule has 0 saturated carbocycles. The highest BCUT2D eigenvalue weighted by Gasteiger charge is 2.24. The van der Waals surface area contributed by atoms with Crippen LogP contribution in [0.2, 0.25) is 0 Å². The fourth-order valence-corrected chi connectivity index (χ4v) is 3.20. The van der Waals surface area contributed by atoms with E-state index in [0.29, 0.717) is 33.9 Å². The molecule has 2 aromatic heterocycles. The summed E-state index contributed by atoms with van der Waals surface area (Å²) in [5.41, 5.74) is 3.45. The Morgan fingerprint density at radius 3 is 2.61 bits per heavy atom. The number of hydrogen-bond donors (Lipinski definition) is 2. The lowest BCUT2D eigenvalue weighted by molar-refractivity contribution is -0.112. The summed E-state index contributed by atoms with van der Waals surface area (Å²) in [6, 6.07) is 12.6. The first kappa shape index (κ1) is 18.0. The zero-order valence-corrected chi connectivity index (χ0v) is 16.2. The smallest absolute Gasteiger partial charge is 0.296 e. The second kappa shape index (κ2) is 6.34. The van der Waals surface area contributed by atoms with Gasteiger partial charge in [0.05, 0.1) is 5.56 Å². The van der Waals surface area contributed by atoms with Crippen LogP contribution in [-0.2, 0) is 10.2 Å². The normalized spacial score (nSPS) is 11.9. The highest BCUT2D eigenvalue weighted by Crippen LogP contribution is 2.28. The van der Waals surface area contributed by atoms with E-state index < -0.39 is 11.7 Å². The maximum absolute atomic E-state index is 12.8. The number of amides is 1. The van der Waals surface area contributed by atoms with Crippen molar-refractivity contribution >= 4 is 39.4 Å². The third kappa shape index (κ3) is 3.07. The van der Waals surface area contributed by atoms with Gasteiger partial charge in [0.1, 0.15) is 5.52 Å². The number of rotatable bonds is 3. The van der Waals surface area contributed by atoms with Crippen LogP contribution >= 0.6 is 0 Å². The van der Waals surface area contributed by atoms with Crippen LogP contribution in [-0.4, -0.2) is 21.7 Å². The van der Waals surface area contributed by atoms with Gasteiger partial charge in [-0.1, -0.05) is 39.0 Å². The highest BCUT2D eigenvalue weighted by molar-refractivity contribution is 6.48. The van der Waals surface area contributed by atoms with Crippen LogP contribution in [0.15, 0.2) is 46.9 Å². The van der Waals surface area contributed by atoms with Gasteiger partial charge >= 0.3 is 0 Å². The van der Waals surface area contributed by atoms with Gasteiger partial charge in [-0.25, -0.2) is 4.98 Å². The second-order valence-electron chi connectivity index (χ2n) is 7.91. The average molecular weight is 375 g/mol. The molecule has 0 fully saturated rings. The molecule has 6 nitrogen and oxygen atoms in total. The van der Waals surface area contributed by atoms with E-state index in [9.17, 15) is 9.59 Å². The molecule has 1 amide bonds. The lowest BCUT2D eigenvalue weighted by atomic mass is 9.97. The molecule has 0 unspecified atom stereocenters. The number of nitrogens with one attached hydrogen (secondary N) is 2. The number of oxazole rings is 1. The zero-order valence-electron chi connectivity index (χ0n) is 16.2. The third-order valence-electron chi connectivity index (χ3n) is 4.61. The maximum Gasteiger partial charge on any atom is 0.296 e. The van der Waals surface area contributed by atoms with Gasteiger partial charge in [0.25, 0.3) is 11.7 Å². The lowest BCUT2D eigenvalue weighted by Crippen LogP contribution is -2.23. The van der Waals surface area contributed by atoms with Crippen molar-refractivity contribution in [3.63, 3.8) is 0 Å². The molecule has 0 aliphatic rings. The molecule has 4 rings (SSSR count). The van der Waals surface area contributed by atoms with E-state index in [1.54, 1.807) is 25.1 Å². The fraction of sp³-hybridized carbons (Fsp3) is 0.227. The van der Waals surface area contributed by atoms with Crippen molar-refractivity contribution in [2.75, 3.05) is 5.32 Å². The molecule has 2 aromatic carbocycles. The Morgan fingerprint density at radius 1 is 1.11 bits per heavy atom. The summed E-state index contributed by atoms with van der Waals surface area (Å²) in [6.45, 7) is 7.84. The van der Waals surface area contributed by atoms with Crippen LogP contribution in [0.1, 0.15) is 42.7 Å². The summed E-state index contributed by atoms with van der Waals surface area (Å²) >= 11 is 0. The van der Waals surface area contributed by atoms with E-state index in [4.69, 9.17) is 4.42 Å². The summed E-state index contributed by atoms with van der Waals surface area (Å²) in [5.74, 6) is -0.645. The topological polar surface area (TPSA) is 88.0 Å². The number of benzene rings is 2. The molecule has 6 heteroatoms. The van der Waals surface area contributed by atoms with Crippen LogP contribution < -0.4 is 5.32 Å². The fourth-order valence-electron chi connectivity index (χ4n) is 3.20. The Kier molecular flexibility index (Phi) is 4.07. The number of nitrogens with zero attached hydrogens (tertiary/aromatic N) is 1. The van der Waals surface area contributed by atoms with Gasteiger partial charge in [0, 0.05) is 27.7 Å². The standard InChI is InChI=1S/C22H21N3O3/c1-12-18(14-7-5-6-8-15(14)23-12)19(26)20(27)24-13-9-10-17-16(11-13)25-21(28-17)22(2,3)4/h5-11,23H,1-4H3,(H,24,27). The van der Waals surface area contributed by atoms with Gasteiger partial charge in [-0.05, 0) is 31.2 Å². The summed E-state index contributed by atoms with van der Waals surface area (Å²) in [4.78, 5) is 33.0. The molecule has 0 atom stereocenters. The van der Waals surface area contributed by atoms with E-state index in [0.717, 1.165) is 10.9 Å². The Balaban J connectivity index is 1.62. The Hall–Kier alpha value is -3.41. The van der Waals surface area contributed by atoms with Crippen LogP contribution in [0.3, 0.4) is 0 Å². The number of hydrogen-bond acceptors (Lipinski definition) is 4. The minimum absolute atomic E-state index is 0.217. The predicted molar refractivity (Wildman–Crippen MR) is 109 cm³/mol. The first-order valence-corrected chi connectivity index (χ1v) is 9.08. The van der Waals surface area contributed by atoms with E-state index in [1.807, 2.05) is 45.0 Å². The Bertz CT molecular complexity index is 1230. The van der Waals surface area contributed by atoms with Crippen LogP contribution in [0.5, 0.6) is 0 Å². The quantitative estimate of drug-likeness (QED) is 0.400. The number of anilines is 1. The van der Waals surface area contributed by atoms with Crippen molar-refractivity contribution in [2.45, 2.75) is 33.1 Å². The average Bonchev–Trinajstić information content (AvgIpc) is 3.20. The number of fused-ring (bicyclic) bond motifs is 2. The van der Waals surface area contributed by atoms with Crippen molar-refractivity contribution in [3.8, 4) is 0 Å². The van der Waals surface area contributed by atoms with Crippen molar-refractivity contribution in [1.29, 1.82) is 0 Å². The molecule has 2 heterocycles. The number of Topliss-reactive ketones (excluding diaryl/α,β-unsaturated/α-hetero) is 1. The first-order chi connectivity index (χ1) is 13.2. The van der Waals surface area contributed by atoms with E-state index in [2.05, 4.69) is 15.3 Å². The third-order valence-corrected chi connectivity index (χ3v) is 4.61. The lowest BCUT2D eigenvalue weighted by Gasteiger charge is -2.11. The molecule has 142 valence electrons. The largest absolute Gasteiger partial charge is 0.440 e. The van der Waals surface area contributed by atoms with Crippen molar-refractivity contribution < 1.29 is 14.0 Å². The predicted octanol–water partition coefficient (Wildman–Crippen LogP) is 4.74. The summed E-state index contributed by atoms with van der Waals surface area (Å²) in [7, 11) is 0. The molecule has 0 saturated heterocycles. The molecular weight excluding hydrogens is 354 g/mol. The van der Waals surface area contributed by atoms with Gasteiger partial charge in [0.2, 0.25) is 5.89 Å². The zero-order chi connectivity index (χ0) is 20.1. The number of ketones is 1. The van der Waals surface area contributed by atoms with E-state index in [-0.39, 0.29) is 5.41 Å². The van der Waals surface area contributed by atoms with Gasteiger partial charge in [-0.15, -0.1) is 0 Å². The number of H-pyrrole nitrogens is 1. The molecule has 0 aliphatic heterocycles. The molecule has 0 bridgehead atoms. The number of aromatic amines is 1. The molecule has 28 heavy (non-hydrogen) atoms. The highest BCUT2D eigenvalue weighted by atomic mass is 16.3. The second-order valence-corrected chi connectivity index (χ2v) is 7.91. The summed E-state index contributed by atoms with van der Waals surface area (Å²) < 4.78 is 5.77. The minimum atomic E-state index is -0.688. The first-order valence-electron chi connectivity index (χ1n) is 9.08. The monoisotopic (exact) mass is 375 g/mol. The van der Waals surface area contributed by atoms with Gasteiger partial charge in [-0.3, -0.25) is 9.59 Å². The molecule has 0 radical (unpaired) electrons. The van der Waals surface area contributed by atoms with E-state index >= 15 is 0 Å². The number of para-hydroxylation sites is 1. The molecule has 2 N–H and O–H groups in total. The SMILES string of the molecule is Cc1[nH]c2ccccc2c1C(=O)C(=O)Nc1ccc2oc(C(C)(C)C)nc2c1. The van der Waals surface area contributed by atoms with Crippen LogP contribution in [0, 0.1) is 6.92 Å². The van der Waals surface area contributed by atoms with Crippen molar-refractivity contribution in [3.05, 3.63) is 59.6 Å². The Morgan fingerprint density at radius 2 is 1.86 bits per heavy atom. The van der Waals surface area contributed by atoms with Gasteiger partial charge in [-0.2, -0.15) is 0 Å². The number of carbonyl (C=O) groups is 2. The van der Waals surface area contributed by atoms with Crippen LogP contribution in [0.25, 0.3) is 22.0 Å². The number of aryl methyl sites for hydroxylation is 1. The number of aromatic nitrogens is 2. The Labute approximate surface area is 162 Å². The molecule has 4 aromatic rings. The summed E-state index contributed by atoms with van der Waals surface area (Å²) in [5, 5.41) is 3.42. The summed E-state index contributed by atoms with van der Waals surface area (Å²) in [6.07, 6.45) is 0. The van der Waals surface area contributed by atoms with Gasteiger partial charge < -0.3 is 14.7 Å². The van der Waals surface area contributed by atoms with Crippen LogP contribution in [0.4, 0.5) is 5.69 Å². The van der Waals surface area contributed by atoms with Gasteiger partial charge in [0.15, 0.2) is 5.58 Å². The maximum atomic E-state index is 12.8. The molecule has 0 aliphatic carbocycles. The van der Waals surface area contributed by atoms with E-state index in [1.165, 1.54) is 0 Å². The molecule has 0 spiro atoms. The minimum Gasteiger partial charge on any atom is -0.440 e.